The predicted octanol–water partition coefficient (Wildman–Crippen LogP) is 2.79. The monoisotopic (exact) mass is 279 g/mol. The van der Waals surface area contributed by atoms with Crippen LogP contribution in [0.1, 0.15) is 32.8 Å². The molecule has 1 fully saturated rings. The number of nitrogens with zero attached hydrogens (tertiary/aromatic N) is 1. The fourth-order valence-electron chi connectivity index (χ4n) is 2.38. The highest BCUT2D eigenvalue weighted by molar-refractivity contribution is 5.39. The lowest BCUT2D eigenvalue weighted by atomic mass is 10.0. The molecule has 20 heavy (non-hydrogen) atoms. The quantitative estimate of drug-likeness (QED) is 0.900. The number of aromatic hydroxyl groups is 1. The minimum absolute atomic E-state index is 0.00206. The van der Waals surface area contributed by atoms with Gasteiger partial charge in [-0.25, -0.2) is 0 Å². The van der Waals surface area contributed by atoms with Gasteiger partial charge in [0.1, 0.15) is 11.5 Å². The molecule has 0 unspecified atom stereocenters. The normalized spacial score (nSPS) is 18.9. The van der Waals surface area contributed by atoms with Gasteiger partial charge in [-0.3, -0.25) is 4.90 Å². The number of benzene rings is 1. The summed E-state index contributed by atoms with van der Waals surface area (Å²) in [7, 11) is 0. The molecule has 4 heteroatoms. The summed E-state index contributed by atoms with van der Waals surface area (Å²) in [4.78, 5) is 2.35. The third-order valence-electron chi connectivity index (χ3n) is 3.71. The van der Waals surface area contributed by atoms with Crippen LogP contribution >= 0.6 is 0 Å². The third-order valence-corrected chi connectivity index (χ3v) is 3.71. The SMILES string of the molecule is CCCOc1ccc(CN2CCOCC2(C)C)c(O)c1. The average Bonchev–Trinajstić information content (AvgIpc) is 2.41. The number of ether oxygens (including phenoxy) is 2. The second-order valence-electron chi connectivity index (χ2n) is 5.93. The maximum Gasteiger partial charge on any atom is 0.123 e. The van der Waals surface area contributed by atoms with Crippen molar-refractivity contribution in [3.63, 3.8) is 0 Å². The molecule has 0 bridgehead atoms. The topological polar surface area (TPSA) is 41.9 Å². The van der Waals surface area contributed by atoms with Gasteiger partial charge in [-0.1, -0.05) is 13.0 Å². The van der Waals surface area contributed by atoms with Crippen molar-refractivity contribution in [3.05, 3.63) is 23.8 Å². The highest BCUT2D eigenvalue weighted by Gasteiger charge is 2.30. The van der Waals surface area contributed by atoms with E-state index >= 15 is 0 Å². The molecule has 0 spiro atoms. The van der Waals surface area contributed by atoms with Crippen molar-refractivity contribution >= 4 is 0 Å². The molecule has 1 saturated heterocycles. The predicted molar refractivity (Wildman–Crippen MR) is 79.2 cm³/mol. The van der Waals surface area contributed by atoms with E-state index < -0.39 is 0 Å². The van der Waals surface area contributed by atoms with E-state index in [2.05, 4.69) is 25.7 Å². The molecule has 0 aliphatic carbocycles. The van der Waals surface area contributed by atoms with Crippen LogP contribution in [0.4, 0.5) is 0 Å². The summed E-state index contributed by atoms with van der Waals surface area (Å²) >= 11 is 0. The Balaban J connectivity index is 2.05. The molecule has 1 aromatic carbocycles. The Morgan fingerprint density at radius 2 is 2.20 bits per heavy atom. The van der Waals surface area contributed by atoms with Crippen LogP contribution in [0.25, 0.3) is 0 Å². The lowest BCUT2D eigenvalue weighted by Crippen LogP contribution is -2.52. The zero-order valence-electron chi connectivity index (χ0n) is 12.7. The van der Waals surface area contributed by atoms with E-state index in [9.17, 15) is 5.11 Å². The first kappa shape index (κ1) is 15.1. The Bertz CT molecular complexity index is 445. The van der Waals surface area contributed by atoms with Crippen LogP contribution in [0, 0.1) is 0 Å². The zero-order chi connectivity index (χ0) is 14.6. The molecule has 2 rings (SSSR count). The van der Waals surface area contributed by atoms with E-state index in [1.807, 2.05) is 12.1 Å². The van der Waals surface area contributed by atoms with Crippen LogP contribution < -0.4 is 4.74 Å². The van der Waals surface area contributed by atoms with Crippen LogP contribution in [0.5, 0.6) is 11.5 Å². The second-order valence-corrected chi connectivity index (χ2v) is 5.93. The van der Waals surface area contributed by atoms with Gasteiger partial charge < -0.3 is 14.6 Å². The molecular formula is C16H25NO3. The average molecular weight is 279 g/mol. The van der Waals surface area contributed by atoms with Crippen molar-refractivity contribution in [1.82, 2.24) is 4.90 Å². The molecule has 4 nitrogen and oxygen atoms in total. The molecule has 0 saturated carbocycles. The van der Waals surface area contributed by atoms with Gasteiger partial charge in [-0.2, -0.15) is 0 Å². The molecule has 112 valence electrons. The van der Waals surface area contributed by atoms with Crippen LogP contribution in [-0.2, 0) is 11.3 Å². The van der Waals surface area contributed by atoms with E-state index in [1.165, 1.54) is 0 Å². The van der Waals surface area contributed by atoms with Crippen molar-refractivity contribution in [1.29, 1.82) is 0 Å². The van der Waals surface area contributed by atoms with E-state index in [0.29, 0.717) is 12.4 Å². The van der Waals surface area contributed by atoms with Gasteiger partial charge in [-0.15, -0.1) is 0 Å². The van der Waals surface area contributed by atoms with E-state index in [1.54, 1.807) is 6.07 Å². The standard InChI is InChI=1S/C16H25NO3/c1-4-8-20-14-6-5-13(15(18)10-14)11-17-7-9-19-12-16(17,2)3/h5-6,10,18H,4,7-9,11-12H2,1-3H3. The summed E-state index contributed by atoms with van der Waals surface area (Å²) < 4.78 is 11.1. The molecule has 1 N–H and O–H groups in total. The molecular weight excluding hydrogens is 254 g/mol. The molecule has 1 aliphatic heterocycles. The third kappa shape index (κ3) is 3.64. The summed E-state index contributed by atoms with van der Waals surface area (Å²) in [5.74, 6) is 1.04. The van der Waals surface area contributed by atoms with Gasteiger partial charge >= 0.3 is 0 Å². The minimum Gasteiger partial charge on any atom is -0.507 e. The van der Waals surface area contributed by atoms with Crippen LogP contribution in [0.15, 0.2) is 18.2 Å². The lowest BCUT2D eigenvalue weighted by molar-refractivity contribution is -0.0555. The maximum absolute atomic E-state index is 10.2. The van der Waals surface area contributed by atoms with Crippen LogP contribution in [0.3, 0.4) is 0 Å². The Labute approximate surface area is 121 Å². The summed E-state index contributed by atoms with van der Waals surface area (Å²) in [5.41, 5.74) is 0.936. The summed E-state index contributed by atoms with van der Waals surface area (Å²) in [6.45, 7) is 10.2. The Kier molecular flexibility index (Phi) is 4.89. The first-order valence-corrected chi connectivity index (χ1v) is 7.30. The summed E-state index contributed by atoms with van der Waals surface area (Å²) in [5, 5.41) is 10.2. The van der Waals surface area contributed by atoms with Crippen LogP contribution in [0.2, 0.25) is 0 Å². The van der Waals surface area contributed by atoms with Crippen molar-refractivity contribution in [2.45, 2.75) is 39.3 Å². The highest BCUT2D eigenvalue weighted by Crippen LogP contribution is 2.28. The highest BCUT2D eigenvalue weighted by atomic mass is 16.5. The maximum atomic E-state index is 10.2. The fourth-order valence-corrected chi connectivity index (χ4v) is 2.38. The van der Waals surface area contributed by atoms with Crippen LogP contribution in [-0.4, -0.2) is 41.9 Å². The largest absolute Gasteiger partial charge is 0.507 e. The molecule has 0 amide bonds. The molecule has 0 radical (unpaired) electrons. The van der Waals surface area contributed by atoms with Gasteiger partial charge in [0.15, 0.2) is 0 Å². The number of hydrogen-bond donors (Lipinski definition) is 1. The van der Waals surface area contributed by atoms with Crippen molar-refractivity contribution in [2.24, 2.45) is 0 Å². The van der Waals surface area contributed by atoms with E-state index in [4.69, 9.17) is 9.47 Å². The van der Waals surface area contributed by atoms with Gasteiger partial charge in [0.05, 0.1) is 19.8 Å². The molecule has 0 aromatic heterocycles. The molecule has 1 aliphatic rings. The van der Waals surface area contributed by atoms with Gasteiger partial charge in [0, 0.05) is 30.3 Å². The Morgan fingerprint density at radius 1 is 1.40 bits per heavy atom. The number of rotatable bonds is 5. The smallest absolute Gasteiger partial charge is 0.123 e. The Morgan fingerprint density at radius 3 is 2.85 bits per heavy atom. The number of phenolic OH excluding ortho intramolecular Hbond substituents is 1. The fraction of sp³-hybridized carbons (Fsp3) is 0.625. The number of morpholine rings is 1. The van der Waals surface area contributed by atoms with E-state index in [0.717, 1.165) is 44.0 Å². The van der Waals surface area contributed by atoms with Crippen molar-refractivity contribution < 1.29 is 14.6 Å². The second kappa shape index (κ2) is 6.46. The first-order chi connectivity index (χ1) is 9.53. The zero-order valence-corrected chi connectivity index (χ0v) is 12.7. The van der Waals surface area contributed by atoms with Crippen molar-refractivity contribution in [3.8, 4) is 11.5 Å². The van der Waals surface area contributed by atoms with Crippen molar-refractivity contribution in [2.75, 3.05) is 26.4 Å². The minimum atomic E-state index is 0.00206. The molecule has 1 aromatic rings. The first-order valence-electron chi connectivity index (χ1n) is 7.30. The van der Waals surface area contributed by atoms with Gasteiger partial charge in [0.2, 0.25) is 0 Å². The Hall–Kier alpha value is -1.26. The van der Waals surface area contributed by atoms with Gasteiger partial charge in [-0.05, 0) is 26.3 Å². The summed E-state index contributed by atoms with van der Waals surface area (Å²) in [6.07, 6.45) is 0.963. The number of phenols is 1. The lowest BCUT2D eigenvalue weighted by Gasteiger charge is -2.42. The molecule has 1 heterocycles. The van der Waals surface area contributed by atoms with Gasteiger partial charge in [0.25, 0.3) is 0 Å². The number of hydrogen-bond acceptors (Lipinski definition) is 4. The summed E-state index contributed by atoms with van der Waals surface area (Å²) in [6, 6.07) is 5.59. The van der Waals surface area contributed by atoms with E-state index in [-0.39, 0.29) is 5.54 Å². The molecule has 0 atom stereocenters.